The summed E-state index contributed by atoms with van der Waals surface area (Å²) >= 11 is 0. The number of amides is 1. The smallest absolute Gasteiger partial charge is 0.251 e. The van der Waals surface area contributed by atoms with Gasteiger partial charge in [0.1, 0.15) is 17.6 Å². The fourth-order valence-corrected chi connectivity index (χ4v) is 4.69. The number of rotatable bonds is 10. The van der Waals surface area contributed by atoms with Crippen LogP contribution in [0.5, 0.6) is 5.75 Å². The van der Waals surface area contributed by atoms with Crippen LogP contribution in [0.3, 0.4) is 0 Å². The zero-order valence-corrected chi connectivity index (χ0v) is 18.5. The summed E-state index contributed by atoms with van der Waals surface area (Å²) in [5.74, 6) is -0.121. The van der Waals surface area contributed by atoms with Gasteiger partial charge in [-0.25, -0.2) is 8.42 Å². The van der Waals surface area contributed by atoms with Gasteiger partial charge in [-0.15, -0.1) is 0 Å². The molecule has 1 aliphatic rings. The number of nitrogens with zero attached hydrogens (tertiary/aromatic N) is 2. The van der Waals surface area contributed by atoms with E-state index in [-0.39, 0.29) is 18.5 Å². The first kappa shape index (κ1) is 23.0. The SMILES string of the molecule is CS(=O)(=O)C(CCn1ccc(-c2ccc(OCCN3CCCC3)cc2)cc1=O)C(N)=O. The third-order valence-electron chi connectivity index (χ3n) is 5.53. The number of likely N-dealkylation sites (tertiary alicyclic amines) is 1. The van der Waals surface area contributed by atoms with Crippen molar-refractivity contribution >= 4 is 15.7 Å². The maximum atomic E-state index is 12.4. The summed E-state index contributed by atoms with van der Waals surface area (Å²) in [6.07, 6.45) is 5.04. The maximum absolute atomic E-state index is 12.4. The molecule has 1 aromatic carbocycles. The molecule has 1 saturated heterocycles. The lowest BCUT2D eigenvalue weighted by molar-refractivity contribution is -0.117. The lowest BCUT2D eigenvalue weighted by Gasteiger charge is -2.15. The zero-order valence-electron chi connectivity index (χ0n) is 17.7. The molecule has 0 spiro atoms. The van der Waals surface area contributed by atoms with Crippen LogP contribution in [0.25, 0.3) is 11.1 Å². The second-order valence-corrected chi connectivity index (χ2v) is 10.1. The summed E-state index contributed by atoms with van der Waals surface area (Å²) in [6.45, 7) is 3.95. The van der Waals surface area contributed by atoms with Gasteiger partial charge in [0.25, 0.3) is 5.56 Å². The van der Waals surface area contributed by atoms with Crippen molar-refractivity contribution in [1.29, 1.82) is 0 Å². The number of pyridine rings is 1. The molecular formula is C22H29N3O5S. The number of sulfone groups is 1. The van der Waals surface area contributed by atoms with Crippen LogP contribution < -0.4 is 16.0 Å². The minimum Gasteiger partial charge on any atom is -0.492 e. The van der Waals surface area contributed by atoms with E-state index in [1.54, 1.807) is 12.3 Å². The molecule has 31 heavy (non-hydrogen) atoms. The predicted octanol–water partition coefficient (Wildman–Crippen LogP) is 1.28. The van der Waals surface area contributed by atoms with Gasteiger partial charge in [0, 0.05) is 31.6 Å². The summed E-state index contributed by atoms with van der Waals surface area (Å²) in [6, 6.07) is 10.8. The van der Waals surface area contributed by atoms with Crippen LogP contribution in [0.4, 0.5) is 0 Å². The molecule has 0 aliphatic carbocycles. The lowest BCUT2D eigenvalue weighted by Crippen LogP contribution is -2.36. The summed E-state index contributed by atoms with van der Waals surface area (Å²) in [5.41, 5.74) is 6.53. The molecule has 2 heterocycles. The monoisotopic (exact) mass is 447 g/mol. The van der Waals surface area contributed by atoms with Crippen LogP contribution in [-0.2, 0) is 21.2 Å². The fraction of sp³-hybridized carbons (Fsp3) is 0.455. The highest BCUT2D eigenvalue weighted by Gasteiger charge is 2.26. The standard InChI is InChI=1S/C22H29N3O5S/c1-31(28,29)20(22(23)27)9-13-25-12-8-18(16-21(25)26)17-4-6-19(7-5-17)30-15-14-24-10-2-3-11-24/h4-8,12,16,20H,2-3,9-11,13-15H2,1H3,(H2,23,27). The van der Waals surface area contributed by atoms with Crippen molar-refractivity contribution in [2.75, 3.05) is 32.5 Å². The van der Waals surface area contributed by atoms with Gasteiger partial charge in [-0.05, 0) is 61.7 Å². The van der Waals surface area contributed by atoms with E-state index in [9.17, 15) is 18.0 Å². The van der Waals surface area contributed by atoms with Crippen LogP contribution in [0.1, 0.15) is 19.3 Å². The van der Waals surface area contributed by atoms with E-state index in [1.807, 2.05) is 24.3 Å². The van der Waals surface area contributed by atoms with E-state index in [0.29, 0.717) is 6.61 Å². The molecule has 0 radical (unpaired) electrons. The Morgan fingerprint density at radius 1 is 1.10 bits per heavy atom. The summed E-state index contributed by atoms with van der Waals surface area (Å²) in [5, 5.41) is -1.31. The van der Waals surface area contributed by atoms with Crippen molar-refractivity contribution in [2.24, 2.45) is 5.73 Å². The van der Waals surface area contributed by atoms with Gasteiger partial charge >= 0.3 is 0 Å². The van der Waals surface area contributed by atoms with Gasteiger partial charge in [-0.1, -0.05) is 12.1 Å². The number of nitrogens with two attached hydrogens (primary N) is 1. The molecule has 9 heteroatoms. The molecule has 8 nitrogen and oxygen atoms in total. The Hall–Kier alpha value is -2.65. The molecule has 168 valence electrons. The van der Waals surface area contributed by atoms with Gasteiger partial charge in [0.15, 0.2) is 9.84 Å². The largest absolute Gasteiger partial charge is 0.492 e. The molecule has 3 rings (SSSR count). The Kier molecular flexibility index (Phi) is 7.50. The van der Waals surface area contributed by atoms with Gasteiger partial charge in [0.2, 0.25) is 5.91 Å². The van der Waals surface area contributed by atoms with Crippen molar-refractivity contribution < 1.29 is 17.9 Å². The normalized spacial score (nSPS) is 15.6. The third-order valence-corrected chi connectivity index (χ3v) is 7.03. The van der Waals surface area contributed by atoms with Crippen molar-refractivity contribution in [3.63, 3.8) is 0 Å². The van der Waals surface area contributed by atoms with E-state index in [0.717, 1.165) is 42.8 Å². The first-order chi connectivity index (χ1) is 14.7. The van der Waals surface area contributed by atoms with E-state index in [4.69, 9.17) is 10.5 Å². The van der Waals surface area contributed by atoms with E-state index in [2.05, 4.69) is 4.90 Å². The minimum atomic E-state index is -3.62. The quantitative estimate of drug-likeness (QED) is 0.587. The van der Waals surface area contributed by atoms with E-state index in [1.165, 1.54) is 23.5 Å². The molecule has 0 saturated carbocycles. The van der Waals surface area contributed by atoms with E-state index >= 15 is 0 Å². The molecule has 1 aromatic heterocycles. The molecule has 2 aromatic rings. The number of hydrogen-bond donors (Lipinski definition) is 1. The van der Waals surface area contributed by atoms with Crippen LogP contribution in [0.15, 0.2) is 47.4 Å². The highest BCUT2D eigenvalue weighted by Crippen LogP contribution is 2.21. The lowest BCUT2D eigenvalue weighted by atomic mass is 10.1. The van der Waals surface area contributed by atoms with Crippen LogP contribution in [0, 0.1) is 0 Å². The summed E-state index contributed by atoms with van der Waals surface area (Å²) in [4.78, 5) is 26.2. The Morgan fingerprint density at radius 3 is 2.35 bits per heavy atom. The molecular weight excluding hydrogens is 418 g/mol. The van der Waals surface area contributed by atoms with Gasteiger partial charge < -0.3 is 15.0 Å². The summed E-state index contributed by atoms with van der Waals surface area (Å²) < 4.78 is 30.5. The maximum Gasteiger partial charge on any atom is 0.251 e. The number of ether oxygens (including phenoxy) is 1. The van der Waals surface area contributed by atoms with E-state index < -0.39 is 21.0 Å². The van der Waals surface area contributed by atoms with Gasteiger partial charge in [-0.2, -0.15) is 0 Å². The number of aryl methyl sites for hydroxylation is 1. The summed E-state index contributed by atoms with van der Waals surface area (Å²) in [7, 11) is -3.62. The third kappa shape index (κ3) is 6.41. The van der Waals surface area contributed by atoms with Crippen molar-refractivity contribution in [3.05, 3.63) is 52.9 Å². The second-order valence-electron chi connectivity index (χ2n) is 7.88. The first-order valence-electron chi connectivity index (χ1n) is 10.4. The fourth-order valence-electron chi connectivity index (χ4n) is 3.74. The number of benzene rings is 1. The first-order valence-corrected chi connectivity index (χ1v) is 12.3. The van der Waals surface area contributed by atoms with Crippen LogP contribution in [0.2, 0.25) is 0 Å². The highest BCUT2D eigenvalue weighted by atomic mass is 32.2. The minimum absolute atomic E-state index is 0.0448. The Bertz CT molecular complexity index is 1060. The Morgan fingerprint density at radius 2 is 1.77 bits per heavy atom. The predicted molar refractivity (Wildman–Crippen MR) is 120 cm³/mol. The topological polar surface area (TPSA) is 112 Å². The number of carbonyl (C=O) groups excluding carboxylic acids is 1. The molecule has 0 bridgehead atoms. The highest BCUT2D eigenvalue weighted by molar-refractivity contribution is 7.92. The Balaban J connectivity index is 1.60. The number of primary amides is 1. The second kappa shape index (κ2) is 10.1. The van der Waals surface area contributed by atoms with Crippen LogP contribution >= 0.6 is 0 Å². The van der Waals surface area contributed by atoms with Crippen molar-refractivity contribution in [3.8, 4) is 16.9 Å². The molecule has 1 aliphatic heterocycles. The Labute approximate surface area is 182 Å². The van der Waals surface area contributed by atoms with Gasteiger partial charge in [0.05, 0.1) is 0 Å². The van der Waals surface area contributed by atoms with Gasteiger partial charge in [-0.3, -0.25) is 14.5 Å². The molecule has 1 atom stereocenters. The number of aromatic nitrogens is 1. The van der Waals surface area contributed by atoms with Crippen LogP contribution in [-0.4, -0.2) is 61.5 Å². The zero-order chi connectivity index (χ0) is 22.4. The van der Waals surface area contributed by atoms with Crippen molar-refractivity contribution in [1.82, 2.24) is 9.47 Å². The molecule has 2 N–H and O–H groups in total. The average molecular weight is 448 g/mol. The number of hydrogen-bond acceptors (Lipinski definition) is 6. The molecule has 1 fully saturated rings. The van der Waals surface area contributed by atoms with Crippen molar-refractivity contribution in [2.45, 2.75) is 31.1 Å². The molecule has 1 unspecified atom stereocenters. The number of carbonyl (C=O) groups is 1. The average Bonchev–Trinajstić information content (AvgIpc) is 3.22. The molecule has 1 amide bonds.